The Bertz CT molecular complexity index is 4820. The highest BCUT2D eigenvalue weighted by Gasteiger charge is 2.50. The van der Waals surface area contributed by atoms with Crippen LogP contribution in [0.3, 0.4) is 0 Å². The zero-order valence-corrected chi connectivity index (χ0v) is 106. The molecule has 0 unspecified atom stereocenters. The Hall–Kier alpha value is -3.26. The van der Waals surface area contributed by atoms with Crippen molar-refractivity contribution in [3.05, 3.63) is 324 Å². The fourth-order valence-corrected chi connectivity index (χ4v) is 44.3. The van der Waals surface area contributed by atoms with Gasteiger partial charge in [0, 0.05) is 33.0 Å². The van der Waals surface area contributed by atoms with E-state index < -0.39 is 62.6 Å². The van der Waals surface area contributed by atoms with Crippen molar-refractivity contribution in [1.29, 1.82) is 0 Å². The summed E-state index contributed by atoms with van der Waals surface area (Å²) in [4.78, 5) is 0. The molecule has 14 rings (SSSR count). The monoisotopic (exact) mass is 2270 g/mol. The lowest BCUT2D eigenvalue weighted by Crippen LogP contribution is -2.36. The molecule has 0 aliphatic heterocycles. The molecule has 10 aromatic carbocycles. The molecule has 816 valence electrons. The first kappa shape index (κ1) is 132. The Balaban J connectivity index is 0.000000234. The van der Waals surface area contributed by atoms with Crippen LogP contribution < -0.4 is 31.8 Å². The quantitative estimate of drug-likeness (QED) is 0.0271. The van der Waals surface area contributed by atoms with E-state index in [1.165, 1.54) is 186 Å². The summed E-state index contributed by atoms with van der Waals surface area (Å²) in [7, 11) is -13.4. The molecule has 0 N–H and O–H groups in total. The number of hydrogen-bond acceptors (Lipinski definition) is 0. The Morgan fingerprint density at radius 3 is 0.649 bits per heavy atom. The molecule has 4 saturated carbocycles. The van der Waals surface area contributed by atoms with Gasteiger partial charge in [0.1, 0.15) is 122 Å². The maximum absolute atomic E-state index is 12.8. The lowest BCUT2D eigenvalue weighted by molar-refractivity contribution is 0.233. The molecule has 0 aromatic heterocycles. The van der Waals surface area contributed by atoms with E-state index in [-0.39, 0.29) is 12.1 Å². The van der Waals surface area contributed by atoms with Crippen LogP contribution in [0.25, 0.3) is 0 Å². The van der Waals surface area contributed by atoms with Gasteiger partial charge in [-0.25, -0.2) is 0 Å². The van der Waals surface area contributed by atoms with Crippen LogP contribution in [0, 0.1) is 71.0 Å². The molecule has 18 heteroatoms. The highest BCUT2D eigenvalue weighted by molar-refractivity contribution is 8.32. The fraction of sp³-hybridized carbons (Fsp3) is 0.538. The van der Waals surface area contributed by atoms with Gasteiger partial charge in [-0.1, -0.05) is 317 Å². The van der Waals surface area contributed by atoms with E-state index in [1.54, 1.807) is 11.7 Å². The van der Waals surface area contributed by atoms with E-state index >= 15 is 0 Å². The van der Waals surface area contributed by atoms with Crippen molar-refractivity contribution in [3.8, 4) is 0 Å². The van der Waals surface area contributed by atoms with Crippen molar-refractivity contribution in [2.24, 2.45) is 71.0 Å². The molecule has 4 fully saturated rings. The van der Waals surface area contributed by atoms with Crippen molar-refractivity contribution in [2.45, 2.75) is 303 Å². The lowest BCUT2D eigenvalue weighted by atomic mass is 9.77. The van der Waals surface area contributed by atoms with Crippen molar-refractivity contribution in [1.82, 2.24) is 0 Å². The molecular weight excluding hydrogens is 2080 g/mol. The minimum absolute atomic E-state index is 0.0571. The summed E-state index contributed by atoms with van der Waals surface area (Å²) in [5.41, 5.74) is 10.2. The van der Waals surface area contributed by atoms with Gasteiger partial charge in [0.15, 0.2) is 6.16 Å². The Labute approximate surface area is 930 Å². The van der Waals surface area contributed by atoms with Gasteiger partial charge in [-0.3, -0.25) is 0 Å². The van der Waals surface area contributed by atoms with E-state index in [9.17, 15) is 21.0 Å². The second-order valence-corrected chi connectivity index (χ2v) is 82.3. The standard InChI is InChI=1S/C28H34P.C28H28P.C16H34P.C16H28P.C11H22Cl2P.C11H16F2P.C10H13Cl3P.C10H19F3P/c2*1-23(2)25-20-18-24(19-21-25)22-29(26-12-6-3-7-13-26,27-14-8-4-9-15-27)28-16-10-5-11-17-28;2*1-6-17(7-2,8-3)13-15-9-11-16(12-10-15)14(4)5;2*1-9(2)11-6-4-10(5-7-11)8-14(3,12)13;2*1-8(2)10-5-3-9(4-6-10)7-14(11,12)13/h3-17,23-25H,18-22H2,1-2H3;3-21,23H,22H2,1-2H3;14-16H,6-13H2,1-5H3;9-12,14H,6-8,13H2,1-5H3;9-11H,4-8H2,1-3H3;4-7,9H,8H2,1-3H3;3-6,8H,7H2,1-2H3;8-10H,3-7H2,1-2H3/q8*+1. The summed E-state index contributed by atoms with van der Waals surface area (Å²) in [6.07, 6.45) is 35.8. The van der Waals surface area contributed by atoms with Crippen LogP contribution in [0.4, 0.5) is 21.0 Å². The average molecular weight is 2280 g/mol. The molecule has 0 atom stereocenters. The minimum atomic E-state index is -5.03. The maximum atomic E-state index is 12.8. The number of benzene rings is 10. The van der Waals surface area contributed by atoms with Crippen molar-refractivity contribution in [3.63, 3.8) is 0 Å². The van der Waals surface area contributed by atoms with Crippen LogP contribution in [0.15, 0.2) is 279 Å². The summed E-state index contributed by atoms with van der Waals surface area (Å²) in [5.74, 6) is 10.1. The lowest BCUT2D eigenvalue weighted by Gasteiger charge is -2.35. The number of rotatable bonds is 36. The van der Waals surface area contributed by atoms with Gasteiger partial charge < -0.3 is 0 Å². The van der Waals surface area contributed by atoms with Crippen LogP contribution in [-0.2, 0) is 24.6 Å². The minimum Gasteiger partial charge on any atom is -0.0625 e. The molecule has 4 aliphatic rings. The van der Waals surface area contributed by atoms with Crippen LogP contribution >= 0.6 is 113 Å². The third-order valence-electron chi connectivity index (χ3n) is 33.1. The summed E-state index contributed by atoms with van der Waals surface area (Å²) in [5, 5.41) is 6.64. The van der Waals surface area contributed by atoms with E-state index in [0.29, 0.717) is 41.7 Å². The summed E-state index contributed by atoms with van der Waals surface area (Å²) >= 11 is 29.7. The van der Waals surface area contributed by atoms with Crippen molar-refractivity contribution >= 4 is 144 Å². The smallest absolute Gasteiger partial charge is 0.0625 e. The second kappa shape index (κ2) is 65.9. The van der Waals surface area contributed by atoms with Crippen molar-refractivity contribution in [2.75, 3.05) is 74.9 Å². The second-order valence-electron chi connectivity index (χ2n) is 46.3. The molecule has 0 bridgehead atoms. The molecule has 4 aliphatic carbocycles. The van der Waals surface area contributed by atoms with Gasteiger partial charge in [0.25, 0.3) is 0 Å². The third-order valence-corrected chi connectivity index (χ3v) is 58.1. The first-order valence-corrected chi connectivity index (χ1v) is 78.4. The van der Waals surface area contributed by atoms with Crippen LogP contribution in [0.5, 0.6) is 0 Å². The van der Waals surface area contributed by atoms with E-state index in [0.717, 1.165) is 109 Å². The highest BCUT2D eigenvalue weighted by atomic mass is 36.1. The first-order chi connectivity index (χ1) is 70.1. The van der Waals surface area contributed by atoms with Gasteiger partial charge in [-0.2, -0.15) is 0 Å². The topological polar surface area (TPSA) is 0 Å². The maximum Gasteiger partial charge on any atom is 0.569 e. The molecule has 0 amide bonds. The normalized spacial score (nSPS) is 18.5. The van der Waals surface area contributed by atoms with Crippen LogP contribution in [0.1, 0.15) is 323 Å². The van der Waals surface area contributed by atoms with Gasteiger partial charge in [0.05, 0.1) is 74.4 Å². The van der Waals surface area contributed by atoms with E-state index in [2.05, 4.69) is 395 Å². The van der Waals surface area contributed by atoms with Gasteiger partial charge in [-0.05, 0) is 359 Å². The predicted molar refractivity (Wildman–Crippen MR) is 679 cm³/mol. The zero-order chi connectivity index (χ0) is 109. The first-order valence-electron chi connectivity index (χ1n) is 56.7. The van der Waals surface area contributed by atoms with E-state index in [1.807, 2.05) is 43.1 Å². The molecule has 0 saturated heterocycles. The molecule has 0 nitrogen and oxygen atoms in total. The molecular formula is C130H194Cl5F5P8+8. The zero-order valence-electron chi connectivity index (χ0n) is 95.4. The Kier molecular flexibility index (Phi) is 58.6. The molecule has 10 aromatic rings. The predicted octanol–water partition coefficient (Wildman–Crippen LogP) is 44.7. The van der Waals surface area contributed by atoms with Gasteiger partial charge in [-0.15, -0.1) is 0 Å². The number of hydrogen-bond donors (Lipinski definition) is 0. The van der Waals surface area contributed by atoms with E-state index in [4.69, 9.17) is 56.2 Å². The summed E-state index contributed by atoms with van der Waals surface area (Å²) < 4.78 is 62.2. The van der Waals surface area contributed by atoms with Crippen LogP contribution in [-0.4, -0.2) is 74.9 Å². The van der Waals surface area contributed by atoms with Gasteiger partial charge in [0.2, 0.25) is 5.97 Å². The summed E-state index contributed by atoms with van der Waals surface area (Å²) in [6.45, 7) is 53.7. The molecule has 0 radical (unpaired) electrons. The SMILES string of the molecule is CC(C)C1CCC(C[P+](C)(Cl)Cl)CC1.CC(C)C1CCC(C[P+](F)(F)F)CC1.CC(C)C1CCC(C[P+](c2ccccc2)(c2ccccc2)c2ccccc2)CC1.CC(C)c1ccc(C[P+](C)(F)F)cc1.CC(C)c1ccc(C[P+](Cl)(Cl)Cl)cc1.CC(C)c1ccc(C[P+](c2ccccc2)(c2ccccc2)c2ccccc2)cc1.CC[P+](CC)(CC)CC1CCC(C(C)C)CC1.CC[P+](CC)(CC)Cc1ccc(C(C)C)cc1. The summed E-state index contributed by atoms with van der Waals surface area (Å²) in [6, 6.07) is 102. The van der Waals surface area contributed by atoms with Gasteiger partial charge >= 0.3 is 21.4 Å². The van der Waals surface area contributed by atoms with Crippen molar-refractivity contribution < 1.29 is 21.0 Å². The van der Waals surface area contributed by atoms with Crippen LogP contribution in [0.2, 0.25) is 0 Å². The number of halogens is 10. The highest BCUT2D eigenvalue weighted by Crippen LogP contribution is 2.76. The molecule has 148 heavy (non-hydrogen) atoms. The fourth-order valence-electron chi connectivity index (χ4n) is 22.7. The average Bonchev–Trinajstić information content (AvgIpc) is 0.752. The molecule has 0 heterocycles. The Morgan fingerprint density at radius 1 is 0.230 bits per heavy atom. The largest absolute Gasteiger partial charge is 0.569 e. The third kappa shape index (κ3) is 45.6. The Morgan fingerprint density at radius 2 is 0.439 bits per heavy atom. The molecule has 0 spiro atoms.